The first-order valence-electron chi connectivity index (χ1n) is 8.44. The first-order chi connectivity index (χ1) is 13.0. The highest BCUT2D eigenvalue weighted by Crippen LogP contribution is 2.21. The van der Waals surface area contributed by atoms with Crippen molar-refractivity contribution in [2.45, 2.75) is 12.6 Å². The maximum atomic E-state index is 14.1. The highest BCUT2D eigenvalue weighted by Gasteiger charge is 2.25. The second kappa shape index (κ2) is 8.09. The van der Waals surface area contributed by atoms with Crippen LogP contribution in [0.15, 0.2) is 60.9 Å². The summed E-state index contributed by atoms with van der Waals surface area (Å²) < 4.78 is 28.7. The standard InChI is InChI=1S/C20H20F2N4O/c1-25(2)19(17-5-3-4-6-18(17)22)20(27)23-11-14-12-24-26(13-14)16-9-7-15(21)8-10-16/h3-10,12-13,19H,11H2,1-2H3,(H,23,27)/t19-/m1/s1. The van der Waals surface area contributed by atoms with Crippen molar-refractivity contribution >= 4 is 5.91 Å². The number of nitrogens with one attached hydrogen (secondary N) is 1. The molecule has 1 atom stereocenters. The largest absolute Gasteiger partial charge is 0.350 e. The minimum absolute atomic E-state index is 0.249. The summed E-state index contributed by atoms with van der Waals surface area (Å²) in [5, 5.41) is 7.04. The van der Waals surface area contributed by atoms with Gasteiger partial charge in [-0.15, -0.1) is 0 Å². The van der Waals surface area contributed by atoms with E-state index in [2.05, 4.69) is 10.4 Å². The molecule has 1 heterocycles. The Balaban J connectivity index is 1.69. The zero-order valence-electron chi connectivity index (χ0n) is 15.1. The van der Waals surface area contributed by atoms with E-state index in [0.29, 0.717) is 11.3 Å². The minimum Gasteiger partial charge on any atom is -0.350 e. The molecule has 7 heteroatoms. The van der Waals surface area contributed by atoms with Gasteiger partial charge < -0.3 is 5.32 Å². The number of aromatic nitrogens is 2. The summed E-state index contributed by atoms with van der Waals surface area (Å²) >= 11 is 0. The molecule has 0 aliphatic rings. The Kier molecular flexibility index (Phi) is 5.61. The van der Waals surface area contributed by atoms with Gasteiger partial charge in [0.25, 0.3) is 0 Å². The number of halogens is 2. The van der Waals surface area contributed by atoms with Crippen molar-refractivity contribution < 1.29 is 13.6 Å². The number of likely N-dealkylation sites (N-methyl/N-ethyl adjacent to an activating group) is 1. The molecular weight excluding hydrogens is 350 g/mol. The molecule has 1 amide bonds. The molecule has 2 aromatic carbocycles. The molecule has 0 spiro atoms. The molecule has 0 saturated carbocycles. The number of nitrogens with zero attached hydrogens (tertiary/aromatic N) is 3. The lowest BCUT2D eigenvalue weighted by molar-refractivity contribution is -0.126. The van der Waals surface area contributed by atoms with Crippen LogP contribution >= 0.6 is 0 Å². The van der Waals surface area contributed by atoms with Crippen LogP contribution in [0.2, 0.25) is 0 Å². The summed E-state index contributed by atoms with van der Waals surface area (Å²) in [6.07, 6.45) is 3.37. The van der Waals surface area contributed by atoms with E-state index in [0.717, 1.165) is 5.56 Å². The third-order valence-corrected chi connectivity index (χ3v) is 4.16. The predicted octanol–water partition coefficient (Wildman–Crippen LogP) is 3.07. The number of rotatable bonds is 6. The van der Waals surface area contributed by atoms with Crippen LogP contribution < -0.4 is 5.32 Å². The summed E-state index contributed by atoms with van der Waals surface area (Å²) in [7, 11) is 3.45. The first-order valence-corrected chi connectivity index (χ1v) is 8.44. The average Bonchev–Trinajstić information content (AvgIpc) is 3.11. The predicted molar refractivity (Wildman–Crippen MR) is 98.2 cm³/mol. The van der Waals surface area contributed by atoms with Crippen molar-refractivity contribution in [3.05, 3.63) is 83.7 Å². The number of amides is 1. The zero-order chi connectivity index (χ0) is 19.4. The highest BCUT2D eigenvalue weighted by molar-refractivity contribution is 5.83. The van der Waals surface area contributed by atoms with Crippen LogP contribution in [0.1, 0.15) is 17.2 Å². The fourth-order valence-electron chi connectivity index (χ4n) is 2.82. The Labute approximate surface area is 156 Å². The zero-order valence-corrected chi connectivity index (χ0v) is 15.1. The van der Waals surface area contributed by atoms with Crippen molar-refractivity contribution in [2.24, 2.45) is 0 Å². The van der Waals surface area contributed by atoms with Crippen molar-refractivity contribution in [1.29, 1.82) is 0 Å². The quantitative estimate of drug-likeness (QED) is 0.726. The second-order valence-electron chi connectivity index (χ2n) is 6.38. The van der Waals surface area contributed by atoms with Crippen LogP contribution in [0.25, 0.3) is 5.69 Å². The van der Waals surface area contributed by atoms with E-state index in [1.165, 1.54) is 18.2 Å². The lowest BCUT2D eigenvalue weighted by atomic mass is 10.0. The number of carbonyl (C=O) groups is 1. The van der Waals surface area contributed by atoms with Gasteiger partial charge in [-0.2, -0.15) is 5.10 Å². The summed E-state index contributed by atoms with van der Waals surface area (Å²) in [4.78, 5) is 14.3. The van der Waals surface area contributed by atoms with Crippen LogP contribution in [0.4, 0.5) is 8.78 Å². The lowest BCUT2D eigenvalue weighted by Gasteiger charge is -2.24. The van der Waals surface area contributed by atoms with E-state index in [9.17, 15) is 13.6 Å². The second-order valence-corrected chi connectivity index (χ2v) is 6.38. The van der Waals surface area contributed by atoms with Crippen molar-refractivity contribution in [3.8, 4) is 5.69 Å². The molecular formula is C20H20F2N4O. The van der Waals surface area contributed by atoms with E-state index >= 15 is 0 Å². The van der Waals surface area contributed by atoms with Crippen molar-refractivity contribution in [1.82, 2.24) is 20.0 Å². The van der Waals surface area contributed by atoms with Gasteiger partial charge in [-0.3, -0.25) is 9.69 Å². The van der Waals surface area contributed by atoms with Crippen molar-refractivity contribution in [3.63, 3.8) is 0 Å². The molecule has 0 aliphatic carbocycles. The number of hydrogen-bond donors (Lipinski definition) is 1. The molecule has 1 N–H and O–H groups in total. The van der Waals surface area contributed by atoms with Gasteiger partial charge in [0.2, 0.25) is 5.91 Å². The number of hydrogen-bond acceptors (Lipinski definition) is 3. The monoisotopic (exact) mass is 370 g/mol. The molecule has 5 nitrogen and oxygen atoms in total. The van der Waals surface area contributed by atoms with E-state index in [1.807, 2.05) is 0 Å². The normalized spacial score (nSPS) is 12.2. The first kappa shape index (κ1) is 18.7. The summed E-state index contributed by atoms with van der Waals surface area (Å²) in [6.45, 7) is 0.249. The van der Waals surface area contributed by atoms with Gasteiger partial charge in [-0.25, -0.2) is 13.5 Å². The molecule has 0 aliphatic heterocycles. The Morgan fingerprint density at radius 2 is 1.85 bits per heavy atom. The van der Waals surface area contributed by atoms with Gasteiger partial charge in [0.1, 0.15) is 17.7 Å². The highest BCUT2D eigenvalue weighted by atomic mass is 19.1. The number of benzene rings is 2. The van der Waals surface area contributed by atoms with Gasteiger partial charge >= 0.3 is 0 Å². The minimum atomic E-state index is -0.738. The smallest absolute Gasteiger partial charge is 0.242 e. The summed E-state index contributed by atoms with van der Waals surface area (Å²) in [5.41, 5.74) is 1.81. The third-order valence-electron chi connectivity index (χ3n) is 4.16. The Bertz CT molecular complexity index is 922. The Morgan fingerprint density at radius 1 is 1.15 bits per heavy atom. The Hall–Kier alpha value is -3.06. The molecule has 0 saturated heterocycles. The van der Waals surface area contributed by atoms with Gasteiger partial charge in [0.05, 0.1) is 11.9 Å². The topological polar surface area (TPSA) is 50.2 Å². The van der Waals surface area contributed by atoms with E-state index in [4.69, 9.17) is 0 Å². The Morgan fingerprint density at radius 3 is 2.52 bits per heavy atom. The van der Waals surface area contributed by atoms with Crippen LogP contribution in [-0.2, 0) is 11.3 Å². The fraction of sp³-hybridized carbons (Fsp3) is 0.200. The molecule has 140 valence electrons. The molecule has 0 radical (unpaired) electrons. The number of carbonyl (C=O) groups excluding carboxylic acids is 1. The van der Waals surface area contributed by atoms with E-state index in [-0.39, 0.29) is 18.3 Å². The van der Waals surface area contributed by atoms with Crippen LogP contribution in [0, 0.1) is 11.6 Å². The van der Waals surface area contributed by atoms with Gasteiger partial charge in [0.15, 0.2) is 0 Å². The maximum absolute atomic E-state index is 14.1. The molecule has 0 bridgehead atoms. The van der Waals surface area contributed by atoms with E-state index < -0.39 is 11.9 Å². The van der Waals surface area contributed by atoms with Crippen molar-refractivity contribution in [2.75, 3.05) is 14.1 Å². The average molecular weight is 370 g/mol. The molecule has 27 heavy (non-hydrogen) atoms. The summed E-state index contributed by atoms with van der Waals surface area (Å²) in [6, 6.07) is 11.4. The molecule has 1 aromatic heterocycles. The van der Waals surface area contributed by atoms with Gasteiger partial charge in [-0.05, 0) is 44.4 Å². The van der Waals surface area contributed by atoms with Gasteiger partial charge in [0, 0.05) is 23.9 Å². The van der Waals surface area contributed by atoms with Crippen LogP contribution in [0.3, 0.4) is 0 Å². The van der Waals surface area contributed by atoms with Crippen LogP contribution in [0.5, 0.6) is 0 Å². The van der Waals surface area contributed by atoms with Crippen LogP contribution in [-0.4, -0.2) is 34.7 Å². The molecule has 3 rings (SSSR count). The lowest BCUT2D eigenvalue weighted by Crippen LogP contribution is -2.37. The molecule has 3 aromatic rings. The summed E-state index contributed by atoms with van der Waals surface area (Å²) in [5.74, 6) is -1.05. The molecule has 0 fully saturated rings. The third kappa shape index (κ3) is 4.38. The van der Waals surface area contributed by atoms with E-state index in [1.54, 1.807) is 66.4 Å². The SMILES string of the molecule is CN(C)[C@@H](C(=O)NCc1cnn(-c2ccc(F)cc2)c1)c1ccccc1F. The maximum Gasteiger partial charge on any atom is 0.242 e. The fourth-order valence-corrected chi connectivity index (χ4v) is 2.82. The van der Waals surface area contributed by atoms with Gasteiger partial charge in [-0.1, -0.05) is 18.2 Å². The molecule has 0 unspecified atom stereocenters.